The minimum absolute atomic E-state index is 0.0967. The number of anilines is 1. The van der Waals surface area contributed by atoms with Gasteiger partial charge in [-0.05, 0) is 37.6 Å². The Balaban J connectivity index is 1.69. The Morgan fingerprint density at radius 1 is 1.00 bits per heavy atom. The predicted octanol–water partition coefficient (Wildman–Crippen LogP) is 2.97. The number of benzene rings is 2. The van der Waals surface area contributed by atoms with Gasteiger partial charge in [-0.1, -0.05) is 29.8 Å². The summed E-state index contributed by atoms with van der Waals surface area (Å²) in [5.74, 6) is 0.390. The van der Waals surface area contributed by atoms with Crippen LogP contribution in [0, 0.1) is 13.8 Å². The Morgan fingerprint density at radius 3 is 2.35 bits per heavy atom. The van der Waals surface area contributed by atoms with Crippen molar-refractivity contribution in [2.75, 3.05) is 31.1 Å². The third-order valence-electron chi connectivity index (χ3n) is 4.40. The number of carbonyl (C=O) groups is 1. The molecule has 2 aromatic carbocycles. The molecule has 0 bridgehead atoms. The van der Waals surface area contributed by atoms with Crippen LogP contribution in [-0.4, -0.2) is 42.1 Å². The van der Waals surface area contributed by atoms with E-state index in [1.165, 1.54) is 5.56 Å². The summed E-state index contributed by atoms with van der Waals surface area (Å²) in [6, 6.07) is 13.3. The number of nitrogens with zero attached hydrogens (tertiary/aromatic N) is 2. The minimum Gasteiger partial charge on any atom is -0.506 e. The SMILES string of the molecule is Cc1ccc(C(=O)N2CCN(c3ccccc3O)CC2)c(C)c1. The molecule has 4 heteroatoms. The van der Waals surface area contributed by atoms with Crippen LogP contribution in [0.5, 0.6) is 5.75 Å². The summed E-state index contributed by atoms with van der Waals surface area (Å²) in [5, 5.41) is 9.96. The Kier molecular flexibility index (Phi) is 4.24. The molecule has 3 rings (SSSR count). The summed E-state index contributed by atoms with van der Waals surface area (Å²) < 4.78 is 0. The number of phenolic OH excluding ortho intramolecular Hbond substituents is 1. The van der Waals surface area contributed by atoms with Crippen molar-refractivity contribution in [3.05, 3.63) is 59.2 Å². The number of piperazine rings is 1. The normalized spacial score (nSPS) is 14.9. The number of aromatic hydroxyl groups is 1. The largest absolute Gasteiger partial charge is 0.506 e. The van der Waals surface area contributed by atoms with Crippen LogP contribution in [-0.2, 0) is 0 Å². The molecule has 1 N–H and O–H groups in total. The molecule has 2 aromatic rings. The van der Waals surface area contributed by atoms with Crippen molar-refractivity contribution in [1.82, 2.24) is 4.90 Å². The highest BCUT2D eigenvalue weighted by Gasteiger charge is 2.24. The molecule has 23 heavy (non-hydrogen) atoms. The zero-order chi connectivity index (χ0) is 16.4. The van der Waals surface area contributed by atoms with Crippen LogP contribution in [0.2, 0.25) is 0 Å². The van der Waals surface area contributed by atoms with Crippen molar-refractivity contribution in [3.8, 4) is 5.75 Å². The van der Waals surface area contributed by atoms with Crippen molar-refractivity contribution in [2.24, 2.45) is 0 Å². The standard InChI is InChI=1S/C19H22N2O2/c1-14-7-8-16(15(2)13-14)19(23)21-11-9-20(10-12-21)17-5-3-4-6-18(17)22/h3-8,13,22H,9-12H2,1-2H3. The van der Waals surface area contributed by atoms with Gasteiger partial charge in [0.2, 0.25) is 0 Å². The zero-order valence-corrected chi connectivity index (χ0v) is 13.6. The molecule has 4 nitrogen and oxygen atoms in total. The summed E-state index contributed by atoms with van der Waals surface area (Å²) in [6.07, 6.45) is 0. The first-order valence-electron chi connectivity index (χ1n) is 7.96. The van der Waals surface area contributed by atoms with Crippen LogP contribution in [0.15, 0.2) is 42.5 Å². The van der Waals surface area contributed by atoms with E-state index in [4.69, 9.17) is 0 Å². The molecule has 120 valence electrons. The number of amides is 1. The molecule has 0 aliphatic carbocycles. The predicted molar refractivity (Wildman–Crippen MR) is 92.1 cm³/mol. The van der Waals surface area contributed by atoms with Gasteiger partial charge >= 0.3 is 0 Å². The Bertz CT molecular complexity index is 719. The molecule has 1 heterocycles. The van der Waals surface area contributed by atoms with Gasteiger partial charge in [-0.25, -0.2) is 0 Å². The maximum atomic E-state index is 12.7. The summed E-state index contributed by atoms with van der Waals surface area (Å²) in [7, 11) is 0. The number of carbonyl (C=O) groups excluding carboxylic acids is 1. The van der Waals surface area contributed by atoms with Crippen LogP contribution in [0.4, 0.5) is 5.69 Å². The fourth-order valence-corrected chi connectivity index (χ4v) is 3.11. The number of hydrogen-bond acceptors (Lipinski definition) is 3. The lowest BCUT2D eigenvalue weighted by Crippen LogP contribution is -2.49. The third-order valence-corrected chi connectivity index (χ3v) is 4.40. The van der Waals surface area contributed by atoms with Crippen molar-refractivity contribution >= 4 is 11.6 Å². The molecule has 1 aliphatic heterocycles. The molecule has 0 spiro atoms. The van der Waals surface area contributed by atoms with E-state index >= 15 is 0 Å². The quantitative estimate of drug-likeness (QED) is 0.927. The maximum Gasteiger partial charge on any atom is 0.254 e. The van der Waals surface area contributed by atoms with Gasteiger partial charge in [0.25, 0.3) is 5.91 Å². The van der Waals surface area contributed by atoms with Crippen LogP contribution in [0.1, 0.15) is 21.5 Å². The fraction of sp³-hybridized carbons (Fsp3) is 0.316. The lowest BCUT2D eigenvalue weighted by atomic mass is 10.0. The number of rotatable bonds is 2. The first-order chi connectivity index (χ1) is 11.1. The molecule has 0 atom stereocenters. The average molecular weight is 310 g/mol. The number of aryl methyl sites for hydroxylation is 2. The van der Waals surface area contributed by atoms with E-state index in [1.807, 2.05) is 55.1 Å². The highest BCUT2D eigenvalue weighted by Crippen LogP contribution is 2.27. The third kappa shape index (κ3) is 3.16. The molecule has 0 radical (unpaired) electrons. The van der Waals surface area contributed by atoms with Crippen molar-refractivity contribution < 1.29 is 9.90 Å². The monoisotopic (exact) mass is 310 g/mol. The summed E-state index contributed by atoms with van der Waals surface area (Å²) in [5.41, 5.74) is 3.82. The van der Waals surface area contributed by atoms with Gasteiger partial charge in [0, 0.05) is 31.7 Å². The fourth-order valence-electron chi connectivity index (χ4n) is 3.11. The molecular weight excluding hydrogens is 288 g/mol. The average Bonchev–Trinajstić information content (AvgIpc) is 2.55. The second-order valence-corrected chi connectivity index (χ2v) is 6.09. The number of phenols is 1. The lowest BCUT2D eigenvalue weighted by Gasteiger charge is -2.36. The molecule has 1 saturated heterocycles. The highest BCUT2D eigenvalue weighted by atomic mass is 16.3. The van der Waals surface area contributed by atoms with Gasteiger partial charge < -0.3 is 14.9 Å². The molecule has 1 amide bonds. The summed E-state index contributed by atoms with van der Waals surface area (Å²) in [6.45, 7) is 6.81. The van der Waals surface area contributed by atoms with E-state index in [-0.39, 0.29) is 5.91 Å². The minimum atomic E-state index is 0.0967. The molecule has 0 unspecified atom stereocenters. The number of hydrogen-bond donors (Lipinski definition) is 1. The van der Waals surface area contributed by atoms with E-state index in [2.05, 4.69) is 4.90 Å². The van der Waals surface area contributed by atoms with E-state index in [0.29, 0.717) is 18.8 Å². The van der Waals surface area contributed by atoms with Crippen molar-refractivity contribution in [3.63, 3.8) is 0 Å². The second kappa shape index (κ2) is 6.32. The number of para-hydroxylation sites is 2. The van der Waals surface area contributed by atoms with Crippen LogP contribution in [0.3, 0.4) is 0 Å². The second-order valence-electron chi connectivity index (χ2n) is 6.09. The Hall–Kier alpha value is -2.49. The first kappa shape index (κ1) is 15.4. The van der Waals surface area contributed by atoms with Gasteiger partial charge in [-0.15, -0.1) is 0 Å². The van der Waals surface area contributed by atoms with Crippen LogP contribution in [0.25, 0.3) is 0 Å². The molecule has 0 saturated carbocycles. The maximum absolute atomic E-state index is 12.7. The van der Waals surface area contributed by atoms with Crippen molar-refractivity contribution in [2.45, 2.75) is 13.8 Å². The summed E-state index contributed by atoms with van der Waals surface area (Å²) >= 11 is 0. The smallest absolute Gasteiger partial charge is 0.254 e. The van der Waals surface area contributed by atoms with E-state index < -0.39 is 0 Å². The van der Waals surface area contributed by atoms with Gasteiger partial charge in [0.1, 0.15) is 5.75 Å². The topological polar surface area (TPSA) is 43.8 Å². The van der Waals surface area contributed by atoms with Gasteiger partial charge in [0.05, 0.1) is 5.69 Å². The molecule has 1 aliphatic rings. The molecule has 0 aromatic heterocycles. The van der Waals surface area contributed by atoms with E-state index in [1.54, 1.807) is 6.07 Å². The van der Waals surface area contributed by atoms with E-state index in [9.17, 15) is 9.90 Å². The Labute approximate surface area is 137 Å². The van der Waals surface area contributed by atoms with E-state index in [0.717, 1.165) is 29.9 Å². The van der Waals surface area contributed by atoms with Crippen LogP contribution >= 0.6 is 0 Å². The lowest BCUT2D eigenvalue weighted by molar-refractivity contribution is 0.0746. The molecule has 1 fully saturated rings. The first-order valence-corrected chi connectivity index (χ1v) is 7.96. The molecular formula is C19H22N2O2. The van der Waals surface area contributed by atoms with Gasteiger partial charge in [-0.2, -0.15) is 0 Å². The zero-order valence-electron chi connectivity index (χ0n) is 13.6. The summed E-state index contributed by atoms with van der Waals surface area (Å²) in [4.78, 5) is 16.7. The van der Waals surface area contributed by atoms with Crippen LogP contribution < -0.4 is 4.90 Å². The Morgan fingerprint density at radius 2 is 1.70 bits per heavy atom. The van der Waals surface area contributed by atoms with Gasteiger partial charge in [-0.3, -0.25) is 4.79 Å². The highest BCUT2D eigenvalue weighted by molar-refractivity contribution is 5.95. The van der Waals surface area contributed by atoms with Gasteiger partial charge in [0.15, 0.2) is 0 Å². The van der Waals surface area contributed by atoms with Crippen molar-refractivity contribution in [1.29, 1.82) is 0 Å².